The van der Waals surface area contributed by atoms with Crippen molar-refractivity contribution >= 4 is 27.7 Å². The van der Waals surface area contributed by atoms with E-state index in [0.717, 1.165) is 4.90 Å². The first-order valence-electron chi connectivity index (χ1n) is 7.15. The van der Waals surface area contributed by atoms with Crippen LogP contribution in [0.4, 0.5) is 0 Å². The second-order valence-electron chi connectivity index (χ2n) is 5.19. The third kappa shape index (κ3) is 5.11. The average Bonchev–Trinajstić information content (AvgIpc) is 2.99. The predicted octanol–water partition coefficient (Wildman–Crippen LogP) is 2.45. The van der Waals surface area contributed by atoms with Gasteiger partial charge in [0.1, 0.15) is 0 Å². The number of hydrogen-bond donors (Lipinski definition) is 1. The van der Waals surface area contributed by atoms with Crippen LogP contribution in [-0.2, 0) is 14.8 Å². The quantitative estimate of drug-likeness (QED) is 0.773. The molecule has 1 heterocycles. The van der Waals surface area contributed by atoms with E-state index in [1.165, 1.54) is 24.3 Å². The normalized spacial score (nSPS) is 11.6. The Morgan fingerprint density at radius 2 is 2.00 bits per heavy atom. The summed E-state index contributed by atoms with van der Waals surface area (Å²) in [7, 11) is -3.91. The fourth-order valence-electron chi connectivity index (χ4n) is 1.77. The maximum absolute atomic E-state index is 12.1. The predicted molar refractivity (Wildman–Crippen MR) is 89.7 cm³/mol. The summed E-state index contributed by atoms with van der Waals surface area (Å²) < 4.78 is 27.9. The highest BCUT2D eigenvalue weighted by atomic mass is 32.2. The molecule has 2 rings (SSSR count). The first kappa shape index (κ1) is 17.6. The molecule has 0 aliphatic rings. The van der Waals surface area contributed by atoms with Crippen molar-refractivity contribution in [2.45, 2.75) is 36.2 Å². The minimum absolute atomic E-state index is 0.101. The zero-order valence-corrected chi connectivity index (χ0v) is 14.6. The molecule has 124 valence electrons. The highest BCUT2D eigenvalue weighted by molar-refractivity contribution is 7.99. The molecule has 23 heavy (non-hydrogen) atoms. The summed E-state index contributed by atoms with van der Waals surface area (Å²) in [6, 6.07) is 9.73. The number of thioether (sulfide) groups is 1. The van der Waals surface area contributed by atoms with Crippen molar-refractivity contribution in [2.24, 2.45) is 0 Å². The number of carbonyl (C=O) groups is 1. The summed E-state index contributed by atoms with van der Waals surface area (Å²) in [5.41, 5.74) is 0. The van der Waals surface area contributed by atoms with Gasteiger partial charge in [-0.3, -0.25) is 4.79 Å². The van der Waals surface area contributed by atoms with Gasteiger partial charge < -0.3 is 4.57 Å². The van der Waals surface area contributed by atoms with Crippen LogP contribution in [0.3, 0.4) is 0 Å². The van der Waals surface area contributed by atoms with Gasteiger partial charge in [-0.25, -0.2) is 9.71 Å². The highest BCUT2D eigenvalue weighted by Gasteiger charge is 2.20. The van der Waals surface area contributed by atoms with Gasteiger partial charge >= 0.3 is 0 Å². The maximum atomic E-state index is 12.1. The van der Waals surface area contributed by atoms with Crippen LogP contribution in [0.15, 0.2) is 52.8 Å². The van der Waals surface area contributed by atoms with Gasteiger partial charge in [0, 0.05) is 29.3 Å². The zero-order chi connectivity index (χ0) is 16.9. The number of nitrogens with one attached hydrogen (secondary N) is 1. The molecule has 0 spiro atoms. The molecular formula is C15H19N3O3S2. The van der Waals surface area contributed by atoms with Crippen molar-refractivity contribution in [1.29, 1.82) is 0 Å². The van der Waals surface area contributed by atoms with Gasteiger partial charge in [-0.2, -0.15) is 8.42 Å². The van der Waals surface area contributed by atoms with Crippen LogP contribution in [0.5, 0.6) is 0 Å². The Morgan fingerprint density at radius 3 is 2.61 bits per heavy atom. The lowest BCUT2D eigenvalue weighted by Gasteiger charge is -2.06. The first-order valence-corrected chi connectivity index (χ1v) is 9.62. The van der Waals surface area contributed by atoms with Crippen LogP contribution in [0.1, 0.15) is 26.3 Å². The van der Waals surface area contributed by atoms with E-state index in [4.69, 9.17) is 0 Å². The van der Waals surface area contributed by atoms with Gasteiger partial charge in [-0.15, -0.1) is 11.8 Å². The van der Waals surface area contributed by atoms with E-state index in [-0.39, 0.29) is 17.5 Å². The van der Waals surface area contributed by atoms with Crippen molar-refractivity contribution in [3.63, 3.8) is 0 Å². The van der Waals surface area contributed by atoms with Gasteiger partial charge in [-0.1, -0.05) is 18.2 Å². The number of aromatic nitrogens is 2. The SMILES string of the molecule is CC(C)n1cnc(S(=O)(=O)NC(=O)CCSc2ccccc2)c1. The molecule has 0 bridgehead atoms. The Balaban J connectivity index is 1.88. The molecule has 1 N–H and O–H groups in total. The number of benzene rings is 1. The third-order valence-electron chi connectivity index (χ3n) is 3.04. The molecule has 2 aromatic rings. The highest BCUT2D eigenvalue weighted by Crippen LogP contribution is 2.18. The van der Waals surface area contributed by atoms with Gasteiger partial charge in [0.25, 0.3) is 10.0 Å². The number of amides is 1. The van der Waals surface area contributed by atoms with E-state index in [1.54, 1.807) is 4.57 Å². The number of carbonyl (C=O) groups excluding carboxylic acids is 1. The molecule has 0 radical (unpaired) electrons. The van der Waals surface area contributed by atoms with Crippen molar-refractivity contribution in [3.05, 3.63) is 42.9 Å². The molecule has 1 aromatic carbocycles. The summed E-state index contributed by atoms with van der Waals surface area (Å²) in [5.74, 6) is -0.0289. The van der Waals surface area contributed by atoms with Crippen LogP contribution in [0, 0.1) is 0 Å². The first-order chi connectivity index (χ1) is 10.9. The Bertz CT molecular complexity index is 755. The monoisotopic (exact) mass is 353 g/mol. The van der Waals surface area contributed by atoms with Crippen LogP contribution in [0.2, 0.25) is 0 Å². The Hall–Kier alpha value is -1.80. The van der Waals surface area contributed by atoms with E-state index < -0.39 is 15.9 Å². The Kier molecular flexibility index (Phi) is 5.84. The number of sulfonamides is 1. The molecule has 0 fully saturated rings. The van der Waals surface area contributed by atoms with E-state index in [2.05, 4.69) is 9.71 Å². The van der Waals surface area contributed by atoms with E-state index in [9.17, 15) is 13.2 Å². The number of rotatable bonds is 7. The summed E-state index contributed by atoms with van der Waals surface area (Å²) >= 11 is 1.50. The minimum Gasteiger partial charge on any atom is -0.334 e. The fourth-order valence-corrected chi connectivity index (χ4v) is 3.60. The van der Waals surface area contributed by atoms with Crippen molar-refractivity contribution < 1.29 is 13.2 Å². The fraction of sp³-hybridized carbons (Fsp3) is 0.333. The number of hydrogen-bond acceptors (Lipinski definition) is 5. The molecule has 0 unspecified atom stereocenters. The smallest absolute Gasteiger partial charge is 0.283 e. The van der Waals surface area contributed by atoms with Crippen LogP contribution in [-0.4, -0.2) is 29.6 Å². The minimum atomic E-state index is -3.91. The molecule has 0 saturated heterocycles. The lowest BCUT2D eigenvalue weighted by molar-refractivity contribution is -0.118. The molecule has 1 amide bonds. The largest absolute Gasteiger partial charge is 0.334 e. The molecule has 0 aliphatic carbocycles. The van der Waals surface area contributed by atoms with E-state index in [0.29, 0.717) is 5.75 Å². The van der Waals surface area contributed by atoms with Crippen molar-refractivity contribution in [3.8, 4) is 0 Å². The molecule has 0 atom stereocenters. The van der Waals surface area contributed by atoms with Gasteiger partial charge in [-0.05, 0) is 26.0 Å². The Morgan fingerprint density at radius 1 is 1.30 bits per heavy atom. The molecule has 1 aromatic heterocycles. The molecule has 0 saturated carbocycles. The van der Waals surface area contributed by atoms with Crippen LogP contribution in [0.25, 0.3) is 0 Å². The van der Waals surface area contributed by atoms with E-state index >= 15 is 0 Å². The Labute approximate surface area is 140 Å². The molecule has 0 aliphatic heterocycles. The van der Waals surface area contributed by atoms with Gasteiger partial charge in [0.05, 0.1) is 6.33 Å². The second kappa shape index (κ2) is 7.65. The molecule has 6 nitrogen and oxygen atoms in total. The summed E-state index contributed by atoms with van der Waals surface area (Å²) in [6.07, 6.45) is 2.97. The topological polar surface area (TPSA) is 81.1 Å². The molecule has 8 heteroatoms. The second-order valence-corrected chi connectivity index (χ2v) is 7.99. The van der Waals surface area contributed by atoms with Crippen molar-refractivity contribution in [2.75, 3.05) is 5.75 Å². The average molecular weight is 353 g/mol. The van der Waals surface area contributed by atoms with E-state index in [1.807, 2.05) is 44.2 Å². The van der Waals surface area contributed by atoms with Crippen LogP contribution >= 0.6 is 11.8 Å². The standard InChI is InChI=1S/C15H19N3O3S2/c1-12(2)18-10-15(16-11-18)23(20,21)17-14(19)8-9-22-13-6-4-3-5-7-13/h3-7,10-12H,8-9H2,1-2H3,(H,17,19). The van der Waals surface area contributed by atoms with Crippen LogP contribution < -0.4 is 4.72 Å². The number of nitrogens with zero attached hydrogens (tertiary/aromatic N) is 2. The molecular weight excluding hydrogens is 334 g/mol. The lowest BCUT2D eigenvalue weighted by Crippen LogP contribution is -2.31. The third-order valence-corrected chi connectivity index (χ3v) is 5.31. The maximum Gasteiger partial charge on any atom is 0.283 e. The lowest BCUT2D eigenvalue weighted by atomic mass is 10.4. The summed E-state index contributed by atoms with van der Waals surface area (Å²) in [4.78, 5) is 16.7. The summed E-state index contributed by atoms with van der Waals surface area (Å²) in [5, 5.41) is -0.143. The zero-order valence-electron chi connectivity index (χ0n) is 13.0. The summed E-state index contributed by atoms with van der Waals surface area (Å²) in [6.45, 7) is 3.83. The van der Waals surface area contributed by atoms with Gasteiger partial charge in [0.2, 0.25) is 5.91 Å². The van der Waals surface area contributed by atoms with Crippen molar-refractivity contribution in [1.82, 2.24) is 14.3 Å². The number of imidazole rings is 1. The van der Waals surface area contributed by atoms with Gasteiger partial charge in [0.15, 0.2) is 5.03 Å².